The number of sulfone groups is 1. The van der Waals surface area contributed by atoms with Crippen molar-refractivity contribution in [1.29, 1.82) is 5.26 Å². The second-order valence-electron chi connectivity index (χ2n) is 7.99. The SMILES string of the molecule is N#CN1CCC(C2CC2COCc2ccc(S(=O)(=O)C3CC3)cc2)CC1. The van der Waals surface area contributed by atoms with Crippen LogP contribution in [0.3, 0.4) is 0 Å². The molecule has 1 aliphatic heterocycles. The molecule has 6 heteroatoms. The molecule has 1 saturated heterocycles. The summed E-state index contributed by atoms with van der Waals surface area (Å²) < 4.78 is 30.3. The molecule has 26 heavy (non-hydrogen) atoms. The van der Waals surface area contributed by atoms with Gasteiger partial charge in [0.25, 0.3) is 0 Å². The van der Waals surface area contributed by atoms with E-state index in [1.807, 2.05) is 17.0 Å². The fourth-order valence-electron chi connectivity index (χ4n) is 4.14. The van der Waals surface area contributed by atoms with Gasteiger partial charge >= 0.3 is 0 Å². The number of piperidine rings is 1. The lowest BCUT2D eigenvalue weighted by molar-refractivity contribution is 0.102. The number of nitriles is 1. The summed E-state index contributed by atoms with van der Waals surface area (Å²) in [5, 5.41) is 8.77. The molecular formula is C20H26N2O3S. The van der Waals surface area contributed by atoms with Gasteiger partial charge in [0.1, 0.15) is 0 Å². The van der Waals surface area contributed by atoms with Gasteiger partial charge in [-0.2, -0.15) is 5.26 Å². The van der Waals surface area contributed by atoms with Gasteiger partial charge in [-0.15, -0.1) is 0 Å². The van der Waals surface area contributed by atoms with Crippen molar-refractivity contribution in [3.05, 3.63) is 29.8 Å². The molecule has 2 saturated carbocycles. The molecule has 0 radical (unpaired) electrons. The maximum absolute atomic E-state index is 12.2. The molecule has 1 aromatic carbocycles. The summed E-state index contributed by atoms with van der Waals surface area (Å²) >= 11 is 0. The van der Waals surface area contributed by atoms with Crippen molar-refractivity contribution in [2.45, 2.75) is 48.9 Å². The second-order valence-corrected chi connectivity index (χ2v) is 10.2. The monoisotopic (exact) mass is 374 g/mol. The van der Waals surface area contributed by atoms with Crippen molar-refractivity contribution in [2.75, 3.05) is 19.7 Å². The highest BCUT2D eigenvalue weighted by Crippen LogP contribution is 2.48. The highest BCUT2D eigenvalue weighted by Gasteiger charge is 2.43. The highest BCUT2D eigenvalue weighted by atomic mass is 32.2. The molecule has 0 N–H and O–H groups in total. The Balaban J connectivity index is 1.20. The summed E-state index contributed by atoms with van der Waals surface area (Å²) in [4.78, 5) is 2.30. The number of nitrogens with zero attached hydrogens (tertiary/aromatic N) is 2. The van der Waals surface area contributed by atoms with Crippen LogP contribution in [0.4, 0.5) is 0 Å². The molecule has 0 spiro atoms. The van der Waals surface area contributed by atoms with E-state index >= 15 is 0 Å². The molecule has 3 aliphatic rings. The largest absolute Gasteiger partial charge is 0.376 e. The summed E-state index contributed by atoms with van der Waals surface area (Å²) in [5.41, 5.74) is 1.03. The van der Waals surface area contributed by atoms with E-state index < -0.39 is 9.84 Å². The molecule has 1 aromatic rings. The van der Waals surface area contributed by atoms with Crippen molar-refractivity contribution < 1.29 is 13.2 Å². The molecule has 4 rings (SSSR count). The summed E-state index contributed by atoms with van der Waals surface area (Å²) in [7, 11) is -3.10. The van der Waals surface area contributed by atoms with Crippen molar-refractivity contribution in [1.82, 2.24) is 4.90 Å². The molecule has 2 atom stereocenters. The molecule has 1 heterocycles. The van der Waals surface area contributed by atoms with Crippen LogP contribution in [0.2, 0.25) is 0 Å². The molecule has 140 valence electrons. The minimum Gasteiger partial charge on any atom is -0.376 e. The van der Waals surface area contributed by atoms with E-state index in [0.29, 0.717) is 17.4 Å². The third-order valence-electron chi connectivity index (χ3n) is 6.08. The second kappa shape index (κ2) is 7.21. The van der Waals surface area contributed by atoms with Gasteiger partial charge < -0.3 is 9.64 Å². The zero-order valence-electron chi connectivity index (χ0n) is 15.0. The lowest BCUT2D eigenvalue weighted by Crippen LogP contribution is -2.30. The summed E-state index contributed by atoms with van der Waals surface area (Å²) in [6, 6.07) is 7.18. The highest BCUT2D eigenvalue weighted by molar-refractivity contribution is 7.92. The van der Waals surface area contributed by atoms with Gasteiger partial charge in [-0.3, -0.25) is 0 Å². The Morgan fingerprint density at radius 1 is 1.12 bits per heavy atom. The van der Waals surface area contributed by atoms with E-state index in [1.165, 1.54) is 6.42 Å². The molecule has 3 fully saturated rings. The van der Waals surface area contributed by atoms with Gasteiger partial charge in [0, 0.05) is 13.1 Å². The lowest BCUT2D eigenvalue weighted by Gasteiger charge is -2.28. The summed E-state index contributed by atoms with van der Waals surface area (Å²) in [6.07, 6.45) is 7.34. The van der Waals surface area contributed by atoms with Crippen molar-refractivity contribution in [3.63, 3.8) is 0 Å². The topological polar surface area (TPSA) is 70.4 Å². The Kier molecular flexibility index (Phi) is 4.94. The first-order valence-electron chi connectivity index (χ1n) is 9.63. The standard InChI is InChI=1S/C20H26N2O3S/c21-14-22-9-7-16(8-10-22)20-11-17(20)13-25-12-15-1-3-18(4-2-15)26(23,24)19-5-6-19/h1-4,16-17,19-20H,5-13H2. The minimum atomic E-state index is -3.10. The van der Waals surface area contributed by atoms with Gasteiger partial charge in [0.05, 0.1) is 23.4 Å². The Morgan fingerprint density at radius 3 is 2.42 bits per heavy atom. The van der Waals surface area contributed by atoms with Gasteiger partial charge in [-0.25, -0.2) is 8.42 Å². The Bertz CT molecular complexity index is 772. The predicted molar refractivity (Wildman–Crippen MR) is 97.8 cm³/mol. The average molecular weight is 375 g/mol. The maximum atomic E-state index is 12.2. The molecule has 2 unspecified atom stereocenters. The first-order chi connectivity index (χ1) is 12.6. The van der Waals surface area contributed by atoms with Gasteiger partial charge in [0.2, 0.25) is 0 Å². The van der Waals surface area contributed by atoms with E-state index in [2.05, 4.69) is 6.19 Å². The zero-order valence-corrected chi connectivity index (χ0v) is 15.8. The maximum Gasteiger partial charge on any atom is 0.181 e. The molecule has 5 nitrogen and oxygen atoms in total. The number of likely N-dealkylation sites (tertiary alicyclic amines) is 1. The number of hydrogen-bond acceptors (Lipinski definition) is 5. The smallest absolute Gasteiger partial charge is 0.181 e. The van der Waals surface area contributed by atoms with Crippen molar-refractivity contribution >= 4 is 9.84 Å². The fraction of sp³-hybridized carbons (Fsp3) is 0.650. The number of hydrogen-bond donors (Lipinski definition) is 0. The van der Waals surface area contributed by atoms with Gasteiger partial charge in [0.15, 0.2) is 16.0 Å². The molecule has 0 aromatic heterocycles. The van der Waals surface area contributed by atoms with Crippen LogP contribution in [0, 0.1) is 29.2 Å². The first kappa shape index (κ1) is 17.8. The molecule has 2 aliphatic carbocycles. The summed E-state index contributed by atoms with van der Waals surface area (Å²) in [6.45, 7) is 3.13. The van der Waals surface area contributed by atoms with Crippen LogP contribution < -0.4 is 0 Å². The Morgan fingerprint density at radius 2 is 1.81 bits per heavy atom. The van der Waals surface area contributed by atoms with E-state index in [0.717, 1.165) is 62.8 Å². The van der Waals surface area contributed by atoms with Crippen LogP contribution in [0.5, 0.6) is 0 Å². The van der Waals surface area contributed by atoms with Crippen LogP contribution in [0.1, 0.15) is 37.7 Å². The predicted octanol–water partition coefficient (Wildman–Crippen LogP) is 2.97. The quantitative estimate of drug-likeness (QED) is 0.686. The van der Waals surface area contributed by atoms with Crippen LogP contribution in [-0.2, 0) is 21.2 Å². The third kappa shape index (κ3) is 3.89. The molecule has 0 bridgehead atoms. The summed E-state index contributed by atoms with van der Waals surface area (Å²) in [5.74, 6) is 2.17. The first-order valence-corrected chi connectivity index (χ1v) is 11.2. The lowest BCUT2D eigenvalue weighted by atomic mass is 9.91. The number of ether oxygens (including phenoxy) is 1. The van der Waals surface area contributed by atoms with Crippen LogP contribution in [-0.4, -0.2) is 38.3 Å². The fourth-order valence-corrected chi connectivity index (χ4v) is 5.80. The average Bonchev–Trinajstić information content (AvgIpc) is 3.56. The van der Waals surface area contributed by atoms with Gasteiger partial charge in [-0.05, 0) is 67.6 Å². The Hall–Kier alpha value is -1.58. The molecular weight excluding hydrogens is 348 g/mol. The number of rotatable bonds is 7. The van der Waals surface area contributed by atoms with Crippen LogP contribution in [0.15, 0.2) is 29.2 Å². The minimum absolute atomic E-state index is 0.156. The van der Waals surface area contributed by atoms with Gasteiger partial charge in [-0.1, -0.05) is 12.1 Å². The number of benzene rings is 1. The van der Waals surface area contributed by atoms with E-state index in [9.17, 15) is 8.42 Å². The van der Waals surface area contributed by atoms with Crippen molar-refractivity contribution in [2.24, 2.45) is 17.8 Å². The van der Waals surface area contributed by atoms with E-state index in [-0.39, 0.29) is 5.25 Å². The normalized spacial score (nSPS) is 26.5. The van der Waals surface area contributed by atoms with E-state index in [1.54, 1.807) is 12.1 Å². The molecule has 0 amide bonds. The van der Waals surface area contributed by atoms with Crippen molar-refractivity contribution in [3.8, 4) is 6.19 Å². The van der Waals surface area contributed by atoms with Crippen LogP contribution >= 0.6 is 0 Å². The Labute approximate surface area is 155 Å². The van der Waals surface area contributed by atoms with Crippen LogP contribution in [0.25, 0.3) is 0 Å². The zero-order chi connectivity index (χ0) is 18.1. The third-order valence-corrected chi connectivity index (χ3v) is 8.36. The van der Waals surface area contributed by atoms with E-state index in [4.69, 9.17) is 10.00 Å².